The molecule has 2 fully saturated rings. The number of aliphatic hydroxyl groups is 3. The predicted molar refractivity (Wildman–Crippen MR) is 136 cm³/mol. The molecule has 6 heteroatoms. The average Bonchev–Trinajstić information content (AvgIpc) is 3.22. The van der Waals surface area contributed by atoms with Crippen LogP contribution < -0.4 is 5.32 Å². The van der Waals surface area contributed by atoms with Crippen molar-refractivity contribution >= 4 is 0 Å². The minimum absolute atomic E-state index is 0.0705. The van der Waals surface area contributed by atoms with E-state index in [9.17, 15) is 15.3 Å². The predicted octanol–water partition coefficient (Wildman–Crippen LogP) is 3.94. The Kier molecular flexibility index (Phi) is 8.97. The van der Waals surface area contributed by atoms with Gasteiger partial charge in [-0.15, -0.1) is 0 Å². The molecule has 1 saturated heterocycles. The van der Waals surface area contributed by atoms with Crippen LogP contribution in [0.3, 0.4) is 0 Å². The van der Waals surface area contributed by atoms with Crippen LogP contribution in [0.1, 0.15) is 69.5 Å². The van der Waals surface area contributed by atoms with Crippen molar-refractivity contribution in [2.75, 3.05) is 6.61 Å². The Bertz CT molecular complexity index is 847. The molecule has 2 aromatic carbocycles. The van der Waals surface area contributed by atoms with Gasteiger partial charge in [0.2, 0.25) is 0 Å². The van der Waals surface area contributed by atoms with E-state index < -0.39 is 36.8 Å². The summed E-state index contributed by atoms with van der Waals surface area (Å²) >= 11 is 0. The smallest absolute Gasteiger partial charge is 0.163 e. The van der Waals surface area contributed by atoms with E-state index in [2.05, 4.69) is 29.6 Å². The molecule has 5 atom stereocenters. The van der Waals surface area contributed by atoms with Crippen LogP contribution in [-0.4, -0.2) is 58.2 Å². The fraction of sp³-hybridized carbons (Fsp3) is 0.586. The Labute approximate surface area is 209 Å². The molecule has 0 radical (unpaired) electrons. The van der Waals surface area contributed by atoms with E-state index >= 15 is 0 Å². The molecule has 1 aliphatic carbocycles. The summed E-state index contributed by atoms with van der Waals surface area (Å²) in [7, 11) is 0. The largest absolute Gasteiger partial charge is 0.394 e. The van der Waals surface area contributed by atoms with Gasteiger partial charge in [-0.05, 0) is 37.3 Å². The first-order valence-electron chi connectivity index (χ1n) is 13.1. The van der Waals surface area contributed by atoms with Gasteiger partial charge in [0.05, 0.1) is 12.6 Å². The van der Waals surface area contributed by atoms with Gasteiger partial charge in [0.25, 0.3) is 0 Å². The second kappa shape index (κ2) is 12.0. The molecule has 1 aliphatic heterocycles. The standard InChI is InChI=1S/C29H41NO5/c1-29(2)34-27(28(35-29)26(33)24(32)19-31)23(18-20-12-6-3-7-13-20)30-25(21-14-8-4-9-15-21)22-16-10-5-11-17-22/h4-5,8-11,14-17,20,23-28,30-33H,3,6-7,12-13,18-19H2,1-2H3/t23-,24+,26+,27+,28-/m0/s1. The highest BCUT2D eigenvalue weighted by Crippen LogP contribution is 2.37. The molecule has 2 aromatic rings. The molecular formula is C29H41NO5. The molecule has 35 heavy (non-hydrogen) atoms. The highest BCUT2D eigenvalue weighted by atomic mass is 16.8. The summed E-state index contributed by atoms with van der Waals surface area (Å²) in [4.78, 5) is 0. The normalized spacial score (nSPS) is 25.4. The van der Waals surface area contributed by atoms with Crippen LogP contribution in [0, 0.1) is 5.92 Å². The Balaban J connectivity index is 1.68. The minimum atomic E-state index is -1.30. The molecule has 4 N–H and O–H groups in total. The molecule has 0 amide bonds. The van der Waals surface area contributed by atoms with E-state index in [1.807, 2.05) is 50.2 Å². The SMILES string of the molecule is CC1(C)O[C@@H]([C@H](O)[C@H](O)CO)[C@@H]([C@H](CC2CCCCC2)NC(c2ccccc2)c2ccccc2)O1. The zero-order valence-electron chi connectivity index (χ0n) is 20.9. The van der Waals surface area contributed by atoms with Gasteiger partial charge in [-0.2, -0.15) is 0 Å². The van der Waals surface area contributed by atoms with Gasteiger partial charge in [-0.1, -0.05) is 92.8 Å². The van der Waals surface area contributed by atoms with Gasteiger partial charge < -0.3 is 30.1 Å². The number of nitrogens with one attached hydrogen (secondary N) is 1. The molecule has 0 bridgehead atoms. The van der Waals surface area contributed by atoms with E-state index in [4.69, 9.17) is 9.47 Å². The van der Waals surface area contributed by atoms with E-state index in [1.165, 1.54) is 32.1 Å². The van der Waals surface area contributed by atoms with Crippen molar-refractivity contribution in [1.82, 2.24) is 5.32 Å². The second-order valence-electron chi connectivity index (χ2n) is 10.6. The van der Waals surface area contributed by atoms with Crippen molar-refractivity contribution < 1.29 is 24.8 Å². The monoisotopic (exact) mass is 483 g/mol. The maximum atomic E-state index is 10.9. The zero-order valence-corrected chi connectivity index (χ0v) is 20.9. The first-order chi connectivity index (χ1) is 16.9. The lowest BCUT2D eigenvalue weighted by molar-refractivity contribution is -0.165. The van der Waals surface area contributed by atoms with Crippen LogP contribution >= 0.6 is 0 Å². The van der Waals surface area contributed by atoms with Crippen LogP contribution in [-0.2, 0) is 9.47 Å². The summed E-state index contributed by atoms with van der Waals surface area (Å²) in [5, 5.41) is 34.6. The Morgan fingerprint density at radius 3 is 1.94 bits per heavy atom. The molecule has 2 aliphatic rings. The van der Waals surface area contributed by atoms with Gasteiger partial charge in [0, 0.05) is 6.04 Å². The average molecular weight is 484 g/mol. The van der Waals surface area contributed by atoms with E-state index in [0.29, 0.717) is 5.92 Å². The van der Waals surface area contributed by atoms with Crippen LogP contribution in [0.5, 0.6) is 0 Å². The number of aliphatic hydroxyl groups excluding tert-OH is 3. The maximum absolute atomic E-state index is 10.9. The number of benzene rings is 2. The molecule has 1 heterocycles. The summed E-state index contributed by atoms with van der Waals surface area (Å²) in [5.41, 5.74) is 2.30. The van der Waals surface area contributed by atoms with Crippen LogP contribution in [0.15, 0.2) is 60.7 Å². The summed E-state index contributed by atoms with van der Waals surface area (Å²) in [6.45, 7) is 3.13. The summed E-state index contributed by atoms with van der Waals surface area (Å²) in [6.07, 6.45) is 3.21. The van der Waals surface area contributed by atoms with Crippen molar-refractivity contribution in [2.45, 2.75) is 94.7 Å². The molecule has 192 valence electrons. The van der Waals surface area contributed by atoms with E-state index in [0.717, 1.165) is 17.5 Å². The number of rotatable bonds is 10. The molecule has 1 saturated carbocycles. The lowest BCUT2D eigenvalue weighted by Gasteiger charge is -2.36. The number of ether oxygens (including phenoxy) is 2. The van der Waals surface area contributed by atoms with E-state index in [1.54, 1.807) is 0 Å². The fourth-order valence-electron chi connectivity index (χ4n) is 5.69. The Morgan fingerprint density at radius 1 is 0.857 bits per heavy atom. The third-order valence-electron chi connectivity index (χ3n) is 7.44. The third-order valence-corrected chi connectivity index (χ3v) is 7.44. The van der Waals surface area contributed by atoms with E-state index in [-0.39, 0.29) is 12.1 Å². The van der Waals surface area contributed by atoms with Crippen LogP contribution in [0.25, 0.3) is 0 Å². The van der Waals surface area contributed by atoms with Gasteiger partial charge in [-0.3, -0.25) is 0 Å². The molecule has 0 unspecified atom stereocenters. The Morgan fingerprint density at radius 2 is 1.40 bits per heavy atom. The molecular weight excluding hydrogens is 442 g/mol. The second-order valence-corrected chi connectivity index (χ2v) is 10.6. The van der Waals surface area contributed by atoms with Crippen LogP contribution in [0.4, 0.5) is 0 Å². The quantitative estimate of drug-likeness (QED) is 0.409. The lowest BCUT2D eigenvalue weighted by atomic mass is 9.81. The third kappa shape index (κ3) is 6.70. The van der Waals surface area contributed by atoms with Crippen molar-refractivity contribution in [2.24, 2.45) is 5.92 Å². The minimum Gasteiger partial charge on any atom is -0.394 e. The van der Waals surface area contributed by atoms with Crippen molar-refractivity contribution in [3.8, 4) is 0 Å². The fourth-order valence-corrected chi connectivity index (χ4v) is 5.69. The van der Waals surface area contributed by atoms with Crippen LogP contribution in [0.2, 0.25) is 0 Å². The summed E-state index contributed by atoms with van der Waals surface area (Å²) < 4.78 is 12.5. The van der Waals surface area contributed by atoms with Gasteiger partial charge in [0.15, 0.2) is 5.79 Å². The lowest BCUT2D eigenvalue weighted by Crippen LogP contribution is -2.53. The Hall–Kier alpha value is -1.80. The van der Waals surface area contributed by atoms with Gasteiger partial charge in [0.1, 0.15) is 24.4 Å². The molecule has 0 spiro atoms. The maximum Gasteiger partial charge on any atom is 0.163 e. The molecule has 0 aromatic heterocycles. The first-order valence-corrected chi connectivity index (χ1v) is 13.1. The number of hydrogen-bond donors (Lipinski definition) is 4. The van der Waals surface area contributed by atoms with Crippen molar-refractivity contribution in [1.29, 1.82) is 0 Å². The summed E-state index contributed by atoms with van der Waals surface area (Å²) in [5.74, 6) is -0.353. The van der Waals surface area contributed by atoms with Crippen molar-refractivity contribution in [3.63, 3.8) is 0 Å². The van der Waals surface area contributed by atoms with Gasteiger partial charge >= 0.3 is 0 Å². The van der Waals surface area contributed by atoms with Crippen molar-refractivity contribution in [3.05, 3.63) is 71.8 Å². The summed E-state index contributed by atoms with van der Waals surface area (Å²) in [6, 6.07) is 20.5. The highest BCUT2D eigenvalue weighted by molar-refractivity contribution is 5.32. The zero-order chi connectivity index (χ0) is 24.8. The highest BCUT2D eigenvalue weighted by Gasteiger charge is 2.50. The van der Waals surface area contributed by atoms with Gasteiger partial charge in [-0.25, -0.2) is 0 Å². The first kappa shape index (κ1) is 26.3. The molecule has 6 nitrogen and oxygen atoms in total. The number of hydrogen-bond acceptors (Lipinski definition) is 6. The molecule has 4 rings (SSSR count). The topological polar surface area (TPSA) is 91.2 Å².